The summed E-state index contributed by atoms with van der Waals surface area (Å²) < 4.78 is 30.3. The van der Waals surface area contributed by atoms with Crippen molar-refractivity contribution in [3.05, 3.63) is 57.6 Å². The Morgan fingerprint density at radius 1 is 1.21 bits per heavy atom. The van der Waals surface area contributed by atoms with E-state index in [2.05, 4.69) is 26.5 Å². The lowest BCUT2D eigenvalue weighted by atomic mass is 10.1. The molecule has 2 aromatic heterocycles. The minimum atomic E-state index is -2.85. The monoisotopic (exact) mass is 515 g/mol. The number of nitrogens with zero attached hydrogens (tertiary/aromatic N) is 3. The number of rotatable bonds is 9. The molecule has 1 aromatic carbocycles. The highest BCUT2D eigenvalue weighted by atomic mass is 35.5. The predicted molar refractivity (Wildman–Crippen MR) is 132 cm³/mol. The molecular weight excluding hydrogens is 489 g/mol. The molecule has 1 aliphatic rings. The first kappa shape index (κ1) is 25.4. The van der Waals surface area contributed by atoms with Crippen LogP contribution in [0.2, 0.25) is 5.02 Å². The Labute approximate surface area is 203 Å². The average molecular weight is 516 g/mol. The number of ether oxygens (including phenoxy) is 1. The minimum Gasteiger partial charge on any atom is -0.492 e. The molecule has 1 saturated heterocycles. The standard InChI is InChI=1S/C21H26ClN5O4S.ClH/c22-17-14-19(20-24-25-21(28)27(20)15-17)23-6-2-4-16-3-1-5-18(13-16)31-10-7-26-8-11-32(29,30)12-9-26;/h1,3,5,13-15,23H,2,4,6-12H2,(H,25,28);1H. The third kappa shape index (κ3) is 6.86. The van der Waals surface area contributed by atoms with Crippen molar-refractivity contribution < 1.29 is 13.2 Å². The van der Waals surface area contributed by atoms with Gasteiger partial charge in [0.15, 0.2) is 15.5 Å². The summed E-state index contributed by atoms with van der Waals surface area (Å²) in [4.78, 5) is 13.9. The van der Waals surface area contributed by atoms with Gasteiger partial charge in [-0.1, -0.05) is 23.7 Å². The molecule has 3 heterocycles. The number of H-pyrrole nitrogens is 1. The first-order valence-electron chi connectivity index (χ1n) is 10.5. The van der Waals surface area contributed by atoms with E-state index in [1.54, 1.807) is 6.07 Å². The fourth-order valence-electron chi connectivity index (χ4n) is 3.68. The van der Waals surface area contributed by atoms with Crippen molar-refractivity contribution in [2.75, 3.05) is 49.6 Å². The first-order chi connectivity index (χ1) is 15.4. The van der Waals surface area contributed by atoms with Gasteiger partial charge in [0.1, 0.15) is 12.4 Å². The van der Waals surface area contributed by atoms with Gasteiger partial charge < -0.3 is 10.1 Å². The Hall–Kier alpha value is -2.27. The van der Waals surface area contributed by atoms with Gasteiger partial charge in [-0.05, 0) is 36.6 Å². The summed E-state index contributed by atoms with van der Waals surface area (Å²) in [5.74, 6) is 1.27. The lowest BCUT2D eigenvalue weighted by Crippen LogP contribution is -2.42. The van der Waals surface area contributed by atoms with E-state index in [0.717, 1.165) is 18.6 Å². The van der Waals surface area contributed by atoms with Crippen molar-refractivity contribution in [2.24, 2.45) is 0 Å². The number of benzene rings is 1. The number of hydrogen-bond acceptors (Lipinski definition) is 7. The number of aromatic nitrogens is 3. The van der Waals surface area contributed by atoms with Crippen LogP contribution in [0.4, 0.5) is 5.69 Å². The Morgan fingerprint density at radius 2 is 2.00 bits per heavy atom. The molecule has 9 nitrogen and oxygen atoms in total. The third-order valence-electron chi connectivity index (χ3n) is 5.45. The van der Waals surface area contributed by atoms with Gasteiger partial charge in [0, 0.05) is 32.4 Å². The number of aromatic amines is 1. The second-order valence-corrected chi connectivity index (χ2v) is 10.6. The molecule has 180 valence electrons. The highest BCUT2D eigenvalue weighted by molar-refractivity contribution is 7.91. The molecule has 2 N–H and O–H groups in total. The largest absolute Gasteiger partial charge is 0.492 e. The van der Waals surface area contributed by atoms with E-state index in [4.69, 9.17) is 16.3 Å². The molecule has 0 unspecified atom stereocenters. The van der Waals surface area contributed by atoms with E-state index in [1.807, 2.05) is 18.2 Å². The van der Waals surface area contributed by atoms with Gasteiger partial charge in [0.25, 0.3) is 0 Å². The van der Waals surface area contributed by atoms with Crippen LogP contribution in [0.25, 0.3) is 5.65 Å². The summed E-state index contributed by atoms with van der Waals surface area (Å²) >= 11 is 6.10. The number of anilines is 1. The normalized spacial score (nSPS) is 15.8. The molecular formula is C21H27Cl2N5O4S. The van der Waals surface area contributed by atoms with Gasteiger partial charge in [0.05, 0.1) is 22.2 Å². The highest BCUT2D eigenvalue weighted by Gasteiger charge is 2.21. The van der Waals surface area contributed by atoms with E-state index in [1.165, 1.54) is 16.2 Å². The number of aryl methyl sites for hydroxylation is 1. The van der Waals surface area contributed by atoms with Crippen LogP contribution in [0.1, 0.15) is 12.0 Å². The maximum Gasteiger partial charge on any atom is 0.347 e. The zero-order valence-corrected chi connectivity index (χ0v) is 20.4. The molecule has 0 amide bonds. The maximum atomic E-state index is 11.7. The Bertz CT molecular complexity index is 1230. The fraction of sp³-hybridized carbons (Fsp3) is 0.429. The fourth-order valence-corrected chi connectivity index (χ4v) is 5.16. The lowest BCUT2D eigenvalue weighted by molar-refractivity contribution is 0.219. The number of halogens is 2. The van der Waals surface area contributed by atoms with Crippen molar-refractivity contribution in [1.82, 2.24) is 19.5 Å². The van der Waals surface area contributed by atoms with E-state index >= 15 is 0 Å². The Kier molecular flexibility index (Phi) is 8.63. The number of nitrogens with one attached hydrogen (secondary N) is 2. The zero-order valence-electron chi connectivity index (χ0n) is 18.0. The number of pyridine rings is 1. The third-order valence-corrected chi connectivity index (χ3v) is 7.27. The molecule has 0 aliphatic carbocycles. The topological polar surface area (TPSA) is 109 Å². The minimum absolute atomic E-state index is 0. The summed E-state index contributed by atoms with van der Waals surface area (Å²) in [7, 11) is -2.85. The van der Waals surface area contributed by atoms with Crippen molar-refractivity contribution in [1.29, 1.82) is 0 Å². The second kappa shape index (κ2) is 11.2. The molecule has 1 fully saturated rings. The van der Waals surface area contributed by atoms with Gasteiger partial charge in [-0.3, -0.25) is 4.90 Å². The molecule has 0 saturated carbocycles. The van der Waals surface area contributed by atoms with E-state index in [-0.39, 0.29) is 29.6 Å². The summed E-state index contributed by atoms with van der Waals surface area (Å²) in [6.45, 7) is 3.09. The van der Waals surface area contributed by atoms with Crippen LogP contribution in [-0.4, -0.2) is 72.2 Å². The van der Waals surface area contributed by atoms with Crippen LogP contribution in [0, 0.1) is 0 Å². The maximum absolute atomic E-state index is 11.7. The van der Waals surface area contributed by atoms with E-state index in [0.29, 0.717) is 49.1 Å². The zero-order chi connectivity index (χ0) is 22.6. The molecule has 0 bridgehead atoms. The lowest BCUT2D eigenvalue weighted by Gasteiger charge is -2.26. The van der Waals surface area contributed by atoms with Crippen molar-refractivity contribution in [3.63, 3.8) is 0 Å². The second-order valence-electron chi connectivity index (χ2n) is 7.81. The summed E-state index contributed by atoms with van der Waals surface area (Å²) in [6, 6.07) is 9.75. The van der Waals surface area contributed by atoms with Crippen LogP contribution in [0.15, 0.2) is 41.3 Å². The van der Waals surface area contributed by atoms with Crippen LogP contribution in [0.3, 0.4) is 0 Å². The quantitative estimate of drug-likeness (QED) is 0.420. The number of hydrogen-bond donors (Lipinski definition) is 2. The molecule has 1 aliphatic heterocycles. The van der Waals surface area contributed by atoms with Crippen LogP contribution in [0.5, 0.6) is 5.75 Å². The smallest absolute Gasteiger partial charge is 0.347 e. The molecule has 0 spiro atoms. The van der Waals surface area contributed by atoms with E-state index < -0.39 is 9.84 Å². The highest BCUT2D eigenvalue weighted by Crippen LogP contribution is 2.20. The van der Waals surface area contributed by atoms with Gasteiger partial charge in [-0.15, -0.1) is 12.4 Å². The molecule has 0 radical (unpaired) electrons. The first-order valence-corrected chi connectivity index (χ1v) is 12.7. The number of fused-ring (bicyclic) bond motifs is 1. The van der Waals surface area contributed by atoms with Crippen molar-refractivity contribution in [3.8, 4) is 5.75 Å². The van der Waals surface area contributed by atoms with Crippen molar-refractivity contribution >= 4 is 45.2 Å². The van der Waals surface area contributed by atoms with Gasteiger partial charge in [-0.25, -0.2) is 22.7 Å². The van der Waals surface area contributed by atoms with Gasteiger partial charge >= 0.3 is 5.69 Å². The van der Waals surface area contributed by atoms with Crippen LogP contribution in [-0.2, 0) is 16.3 Å². The SMILES string of the molecule is Cl.O=c1[nH]nc2c(NCCCc3cccc(OCCN4CCS(=O)(=O)CC4)c3)cc(Cl)cn12. The summed E-state index contributed by atoms with van der Waals surface area (Å²) in [5.41, 5.74) is 2.06. The van der Waals surface area contributed by atoms with Crippen LogP contribution >= 0.6 is 24.0 Å². The average Bonchev–Trinajstić information content (AvgIpc) is 3.13. The Balaban J connectivity index is 0.00000306. The van der Waals surface area contributed by atoms with Gasteiger partial charge in [-0.2, -0.15) is 5.10 Å². The molecule has 4 rings (SSSR count). The molecule has 0 atom stereocenters. The summed E-state index contributed by atoms with van der Waals surface area (Å²) in [6.07, 6.45) is 3.27. The predicted octanol–water partition coefficient (Wildman–Crippen LogP) is 2.25. The number of sulfone groups is 1. The van der Waals surface area contributed by atoms with Gasteiger partial charge in [0.2, 0.25) is 0 Å². The molecule has 33 heavy (non-hydrogen) atoms. The molecule has 12 heteroatoms. The summed E-state index contributed by atoms with van der Waals surface area (Å²) in [5, 5.41) is 10.2. The van der Waals surface area contributed by atoms with Crippen molar-refractivity contribution in [2.45, 2.75) is 12.8 Å². The Morgan fingerprint density at radius 3 is 2.79 bits per heavy atom. The van der Waals surface area contributed by atoms with E-state index in [9.17, 15) is 13.2 Å². The van der Waals surface area contributed by atoms with Crippen LogP contribution < -0.4 is 15.7 Å². The molecule has 3 aromatic rings.